The Balaban J connectivity index is 1.47. The predicted octanol–water partition coefficient (Wildman–Crippen LogP) is 4.12. The molecule has 0 saturated carbocycles. The number of fused-ring (bicyclic) bond motifs is 1. The molecule has 1 atom stereocenters. The molecule has 3 heteroatoms. The number of carbonyl (C=O) groups is 1. The Labute approximate surface area is 142 Å². The second-order valence-corrected chi connectivity index (χ2v) is 6.54. The van der Waals surface area contributed by atoms with Crippen molar-refractivity contribution in [3.05, 3.63) is 71.9 Å². The van der Waals surface area contributed by atoms with Crippen molar-refractivity contribution in [1.29, 1.82) is 0 Å². The van der Waals surface area contributed by atoms with Crippen LogP contribution in [0.25, 0.3) is 10.9 Å². The normalized spacial score (nSPS) is 18.2. The van der Waals surface area contributed by atoms with Crippen LogP contribution < -0.4 is 0 Å². The molecule has 1 N–H and O–H groups in total. The van der Waals surface area contributed by atoms with Gasteiger partial charge < -0.3 is 9.88 Å². The summed E-state index contributed by atoms with van der Waals surface area (Å²) < 4.78 is 0. The second-order valence-electron chi connectivity index (χ2n) is 6.54. The number of piperidine rings is 1. The Morgan fingerprint density at radius 1 is 1.04 bits per heavy atom. The molecule has 1 aromatic heterocycles. The molecule has 3 aromatic rings. The summed E-state index contributed by atoms with van der Waals surface area (Å²) in [6, 6.07) is 18.5. The number of carbonyl (C=O) groups excluding carboxylic acids is 1. The summed E-state index contributed by atoms with van der Waals surface area (Å²) in [6.45, 7) is 1.68. The van der Waals surface area contributed by atoms with E-state index in [1.807, 2.05) is 29.2 Å². The third-order valence-electron chi connectivity index (χ3n) is 5.06. The molecule has 1 saturated heterocycles. The quantitative estimate of drug-likeness (QED) is 0.772. The first-order chi connectivity index (χ1) is 11.8. The van der Waals surface area contributed by atoms with Crippen LogP contribution in [0, 0.1) is 0 Å². The van der Waals surface area contributed by atoms with E-state index >= 15 is 0 Å². The van der Waals surface area contributed by atoms with Gasteiger partial charge in [-0.15, -0.1) is 0 Å². The van der Waals surface area contributed by atoms with Crippen LogP contribution in [0.2, 0.25) is 0 Å². The fourth-order valence-corrected chi connectivity index (χ4v) is 3.75. The number of rotatable bonds is 4. The smallest absolute Gasteiger partial charge is 0.230 e. The van der Waals surface area contributed by atoms with Crippen LogP contribution in [-0.4, -0.2) is 28.9 Å². The summed E-state index contributed by atoms with van der Waals surface area (Å²) in [6.07, 6.45) is 5.02. The fourth-order valence-electron chi connectivity index (χ4n) is 3.75. The molecule has 0 radical (unpaired) electrons. The maximum absolute atomic E-state index is 12.9. The molecular formula is C21H22N2O. The average molecular weight is 318 g/mol. The molecule has 3 nitrogen and oxygen atoms in total. The number of amides is 1. The summed E-state index contributed by atoms with van der Waals surface area (Å²) in [5, 5.41) is 1.27. The molecule has 1 aliphatic rings. The van der Waals surface area contributed by atoms with Crippen LogP contribution in [-0.2, 0) is 11.2 Å². The molecule has 2 heterocycles. The first-order valence-corrected chi connectivity index (χ1v) is 8.71. The minimum absolute atomic E-state index is 0.0305. The first kappa shape index (κ1) is 15.0. The van der Waals surface area contributed by atoms with Gasteiger partial charge in [-0.25, -0.2) is 0 Å². The molecule has 0 spiro atoms. The number of hydrogen-bond donors (Lipinski definition) is 1. The maximum atomic E-state index is 12.9. The van der Waals surface area contributed by atoms with Gasteiger partial charge in [-0.2, -0.15) is 0 Å². The average Bonchev–Trinajstić information content (AvgIpc) is 3.05. The molecule has 1 amide bonds. The van der Waals surface area contributed by atoms with Gasteiger partial charge in [0.1, 0.15) is 0 Å². The van der Waals surface area contributed by atoms with Crippen molar-refractivity contribution in [2.75, 3.05) is 13.1 Å². The van der Waals surface area contributed by atoms with Crippen molar-refractivity contribution in [2.24, 2.45) is 0 Å². The molecule has 1 fully saturated rings. The van der Waals surface area contributed by atoms with Crippen LogP contribution >= 0.6 is 0 Å². The number of likely N-dealkylation sites (tertiary alicyclic amines) is 1. The highest BCUT2D eigenvalue weighted by Gasteiger charge is 2.29. The van der Waals surface area contributed by atoms with Gasteiger partial charge in [-0.1, -0.05) is 48.5 Å². The van der Waals surface area contributed by atoms with Crippen LogP contribution in [0.3, 0.4) is 0 Å². The number of aromatic amines is 1. The number of para-hydroxylation sites is 1. The largest absolute Gasteiger partial charge is 0.361 e. The van der Waals surface area contributed by atoms with E-state index in [0.29, 0.717) is 0 Å². The van der Waals surface area contributed by atoms with E-state index in [-0.39, 0.29) is 11.8 Å². The SMILES string of the molecule is O=C1C(c2ccccc2)CCCN1CCc1c[nH]c2ccccc12. The molecule has 122 valence electrons. The zero-order valence-corrected chi connectivity index (χ0v) is 13.7. The van der Waals surface area contributed by atoms with Crippen molar-refractivity contribution >= 4 is 16.8 Å². The van der Waals surface area contributed by atoms with Crippen molar-refractivity contribution in [3.8, 4) is 0 Å². The predicted molar refractivity (Wildman–Crippen MR) is 97.0 cm³/mol. The number of nitrogens with one attached hydrogen (secondary N) is 1. The Kier molecular flexibility index (Phi) is 4.08. The summed E-state index contributed by atoms with van der Waals surface area (Å²) in [7, 11) is 0. The number of H-pyrrole nitrogens is 1. The van der Waals surface area contributed by atoms with Gasteiger partial charge in [0.2, 0.25) is 5.91 Å². The van der Waals surface area contributed by atoms with Gasteiger partial charge >= 0.3 is 0 Å². The number of hydrogen-bond acceptors (Lipinski definition) is 1. The van der Waals surface area contributed by atoms with E-state index < -0.39 is 0 Å². The van der Waals surface area contributed by atoms with E-state index in [9.17, 15) is 4.79 Å². The van der Waals surface area contributed by atoms with Crippen molar-refractivity contribution < 1.29 is 4.79 Å². The van der Waals surface area contributed by atoms with E-state index in [1.165, 1.54) is 16.5 Å². The fraction of sp³-hybridized carbons (Fsp3) is 0.286. The van der Waals surface area contributed by atoms with Crippen LogP contribution in [0.5, 0.6) is 0 Å². The highest BCUT2D eigenvalue weighted by Crippen LogP contribution is 2.28. The van der Waals surface area contributed by atoms with Crippen molar-refractivity contribution in [3.63, 3.8) is 0 Å². The van der Waals surface area contributed by atoms with Gasteiger partial charge in [-0.05, 0) is 36.5 Å². The monoisotopic (exact) mass is 318 g/mol. The third-order valence-corrected chi connectivity index (χ3v) is 5.06. The molecule has 1 aliphatic heterocycles. The van der Waals surface area contributed by atoms with Crippen LogP contribution in [0.4, 0.5) is 0 Å². The topological polar surface area (TPSA) is 36.1 Å². The van der Waals surface area contributed by atoms with Gasteiger partial charge in [0.05, 0.1) is 5.92 Å². The van der Waals surface area contributed by atoms with E-state index in [1.54, 1.807) is 0 Å². The van der Waals surface area contributed by atoms with Gasteiger partial charge in [0.25, 0.3) is 0 Å². The summed E-state index contributed by atoms with van der Waals surface area (Å²) in [5.41, 5.74) is 3.61. The lowest BCUT2D eigenvalue weighted by molar-refractivity contribution is -0.135. The van der Waals surface area contributed by atoms with E-state index in [0.717, 1.165) is 37.9 Å². The number of aromatic nitrogens is 1. The Morgan fingerprint density at radius 3 is 2.71 bits per heavy atom. The van der Waals surface area contributed by atoms with Crippen molar-refractivity contribution in [1.82, 2.24) is 9.88 Å². The highest BCUT2D eigenvalue weighted by atomic mass is 16.2. The van der Waals surface area contributed by atoms with Gasteiger partial charge in [0, 0.05) is 30.2 Å². The zero-order chi connectivity index (χ0) is 16.4. The molecule has 24 heavy (non-hydrogen) atoms. The molecule has 4 rings (SSSR count). The first-order valence-electron chi connectivity index (χ1n) is 8.71. The van der Waals surface area contributed by atoms with Crippen LogP contribution in [0.15, 0.2) is 60.8 Å². The summed E-state index contributed by atoms with van der Waals surface area (Å²) in [5.74, 6) is 0.315. The Hall–Kier alpha value is -2.55. The minimum Gasteiger partial charge on any atom is -0.361 e. The standard InChI is InChI=1S/C21H22N2O/c24-21-19(16-7-2-1-3-8-16)10-6-13-23(21)14-12-17-15-22-20-11-5-4-9-18(17)20/h1-5,7-9,11,15,19,22H,6,10,12-14H2. The number of nitrogens with zero attached hydrogens (tertiary/aromatic N) is 1. The molecule has 0 bridgehead atoms. The lowest BCUT2D eigenvalue weighted by Crippen LogP contribution is -2.41. The minimum atomic E-state index is 0.0305. The van der Waals surface area contributed by atoms with Gasteiger partial charge in [-0.3, -0.25) is 4.79 Å². The molecular weight excluding hydrogens is 296 g/mol. The lowest BCUT2D eigenvalue weighted by Gasteiger charge is -2.32. The number of benzene rings is 2. The summed E-state index contributed by atoms with van der Waals surface area (Å²) in [4.78, 5) is 18.2. The summed E-state index contributed by atoms with van der Waals surface area (Å²) >= 11 is 0. The zero-order valence-electron chi connectivity index (χ0n) is 13.7. The molecule has 1 unspecified atom stereocenters. The lowest BCUT2D eigenvalue weighted by atomic mass is 9.89. The molecule has 2 aromatic carbocycles. The van der Waals surface area contributed by atoms with Gasteiger partial charge in [0.15, 0.2) is 0 Å². The Morgan fingerprint density at radius 2 is 1.83 bits per heavy atom. The van der Waals surface area contributed by atoms with E-state index in [2.05, 4.69) is 41.5 Å². The van der Waals surface area contributed by atoms with E-state index in [4.69, 9.17) is 0 Å². The highest BCUT2D eigenvalue weighted by molar-refractivity contribution is 5.85. The third kappa shape index (κ3) is 2.82. The Bertz CT molecular complexity index is 837. The maximum Gasteiger partial charge on any atom is 0.230 e. The molecule has 0 aliphatic carbocycles. The van der Waals surface area contributed by atoms with Crippen LogP contribution in [0.1, 0.15) is 29.9 Å². The van der Waals surface area contributed by atoms with Crippen molar-refractivity contribution in [2.45, 2.75) is 25.2 Å². The second kappa shape index (κ2) is 6.52.